The van der Waals surface area contributed by atoms with Gasteiger partial charge in [-0.25, -0.2) is 0 Å². The van der Waals surface area contributed by atoms with Crippen LogP contribution in [-0.2, 0) is 12.6 Å². The molecule has 0 unspecified atom stereocenters. The molecule has 0 atom stereocenters. The Morgan fingerprint density at radius 2 is 1.21 bits per heavy atom. The molecule has 2 nitrogen and oxygen atoms in total. The van der Waals surface area contributed by atoms with E-state index >= 15 is 0 Å². The van der Waals surface area contributed by atoms with Gasteiger partial charge in [0.25, 0.3) is 0 Å². The number of hydrogen-bond acceptors (Lipinski definition) is 2. The van der Waals surface area contributed by atoms with Gasteiger partial charge in [-0.2, -0.15) is 0 Å². The molecule has 0 aliphatic heterocycles. The molecule has 2 aromatic carbocycles. The van der Waals surface area contributed by atoms with E-state index in [0.717, 1.165) is 16.4 Å². The molecule has 0 N–H and O–H groups in total. The fourth-order valence-corrected chi connectivity index (χ4v) is 1.58. The summed E-state index contributed by atoms with van der Waals surface area (Å²) in [4.78, 5) is 12.1. The molecule has 2 aromatic rings. The zero-order valence-corrected chi connectivity index (χ0v) is 15.7. The molecule has 0 saturated carbocycles. The van der Waals surface area contributed by atoms with Crippen molar-refractivity contribution in [3.05, 3.63) is 54.1 Å². The van der Waals surface area contributed by atoms with Crippen LogP contribution in [0.25, 0.3) is 0 Å². The predicted molar refractivity (Wildman–Crippen MR) is 82.7 cm³/mol. The summed E-state index contributed by atoms with van der Waals surface area (Å²) in [6.45, 7) is 1.55. The van der Waals surface area contributed by atoms with Crippen LogP contribution in [0.5, 0.6) is 11.5 Å². The molecule has 0 saturated heterocycles. The summed E-state index contributed by atoms with van der Waals surface area (Å²) in [7, 11) is 0. The van der Waals surface area contributed by atoms with E-state index in [4.69, 9.17) is 4.74 Å². The monoisotopic (exact) mass is 480 g/mol. The van der Waals surface area contributed by atoms with E-state index < -0.39 is 20.3 Å². The van der Waals surface area contributed by atoms with Gasteiger partial charge in [0, 0.05) is 5.56 Å². The summed E-state index contributed by atoms with van der Waals surface area (Å²) in [5.41, 5.74) is 0.688. The Bertz CT molecular complexity index is 651. The van der Waals surface area contributed by atoms with Crippen molar-refractivity contribution in [2.45, 2.75) is 11.8 Å². The van der Waals surface area contributed by atoms with E-state index in [1.54, 1.807) is 31.2 Å². The fourth-order valence-electron chi connectivity index (χ4n) is 1.42. The van der Waals surface area contributed by atoms with Crippen molar-refractivity contribution >= 4 is 38.7 Å². The van der Waals surface area contributed by atoms with Gasteiger partial charge in [0.2, 0.25) is 0 Å². The number of carbonyl (C=O) groups excluding carboxylic acids is 1. The zero-order chi connectivity index (χ0) is 17.7. The standard InChI is InChI=1S/C14H12O2S.6FH.Sb/c1-10(15)11-2-4-12(5-3-11)16-13-6-8-14(17)9-7-13;;;;;;;/h2-9,17H,1H3;6*1H;/q;;;;;;;+5/p-5. The first kappa shape index (κ1) is 22.7. The van der Waals surface area contributed by atoms with E-state index in [-0.39, 0.29) is 10.5 Å². The normalized spacial score (nSPS) is 11.9. The van der Waals surface area contributed by atoms with Crippen LogP contribution in [0.15, 0.2) is 53.4 Å². The van der Waals surface area contributed by atoms with Crippen LogP contribution >= 0.6 is 0 Å². The van der Waals surface area contributed by atoms with Crippen LogP contribution in [0.3, 0.4) is 0 Å². The second-order valence-corrected chi connectivity index (χ2v) is 8.57. The molecule has 0 aliphatic carbocycles. The number of ketones is 1. The molecule has 0 spiro atoms. The van der Waals surface area contributed by atoms with Crippen molar-refractivity contribution in [2.75, 3.05) is 0 Å². The van der Waals surface area contributed by atoms with Crippen LogP contribution in [0.4, 0.5) is 14.1 Å². The second kappa shape index (κ2) is 8.67. The maximum atomic E-state index is 11.1. The van der Waals surface area contributed by atoms with Crippen LogP contribution < -0.4 is 9.44 Å². The first-order valence-corrected chi connectivity index (χ1v) is 11.4. The number of hydrogen-bond donors (Lipinski definition) is 0. The number of benzene rings is 2. The third-order valence-corrected chi connectivity index (χ3v) is 2.68. The van der Waals surface area contributed by atoms with Gasteiger partial charge in [-0.15, -0.1) is 0 Å². The van der Waals surface area contributed by atoms with E-state index in [0.29, 0.717) is 5.56 Å². The Morgan fingerprint density at radius 1 is 0.875 bits per heavy atom. The number of rotatable bonds is 3. The molecule has 134 valence electrons. The Hall–Kier alpha value is -1.34. The molecule has 2 rings (SSSR count). The van der Waals surface area contributed by atoms with Gasteiger partial charge < -0.3 is 9.44 Å². The third kappa shape index (κ3) is 11.2. The summed E-state index contributed by atoms with van der Waals surface area (Å²) in [5, 5.41) is 0. The zero-order valence-electron chi connectivity index (χ0n) is 12.2. The Balaban J connectivity index is 0.000000655. The molecule has 0 radical (unpaired) electrons. The topological polar surface area (TPSA) is 26.3 Å². The summed E-state index contributed by atoms with van der Waals surface area (Å²) in [6, 6.07) is 14.7. The molecule has 0 amide bonds. The molecule has 0 heterocycles. The number of carbonyl (C=O) groups is 1. The first-order valence-electron chi connectivity index (χ1n) is 6.10. The van der Waals surface area contributed by atoms with Crippen LogP contribution in [0.1, 0.15) is 17.3 Å². The Morgan fingerprint density at radius 3 is 1.54 bits per heavy atom. The quantitative estimate of drug-likeness (QED) is 0.290. The number of Topliss-reactive ketones (excluding diaryl/α,β-unsaturated/α-hetero) is 1. The van der Waals surface area contributed by atoms with E-state index in [1.165, 1.54) is 0 Å². The van der Waals surface area contributed by atoms with Crippen molar-refractivity contribution in [1.29, 1.82) is 0 Å². The van der Waals surface area contributed by atoms with E-state index in [9.17, 15) is 18.9 Å². The van der Waals surface area contributed by atoms with Gasteiger partial charge in [0.1, 0.15) is 11.5 Å². The van der Waals surface area contributed by atoms with Gasteiger partial charge in [-0.1, -0.05) is 0 Å². The third-order valence-electron chi connectivity index (χ3n) is 2.35. The van der Waals surface area contributed by atoms with Crippen molar-refractivity contribution in [2.24, 2.45) is 0 Å². The molecule has 0 aliphatic rings. The van der Waals surface area contributed by atoms with Crippen LogP contribution in [0, 0.1) is 0 Å². The summed E-state index contributed by atoms with van der Waals surface area (Å²) in [6.07, 6.45) is 0. The predicted octanol–water partition coefficient (Wildman–Crippen LogP) is 1.78. The minimum absolute atomic E-state index is 0. The Kier molecular flexibility index (Phi) is 8.18. The minimum atomic E-state index is -9.19. The summed E-state index contributed by atoms with van der Waals surface area (Å²) < 4.78 is 55.2. The van der Waals surface area contributed by atoms with Gasteiger partial charge in [0.15, 0.2) is 10.7 Å². The number of halogens is 6. The average Bonchev–Trinajstić information content (AvgIpc) is 2.39. The summed E-state index contributed by atoms with van der Waals surface area (Å²) >= 11 is -5.78. The van der Waals surface area contributed by atoms with Crippen molar-refractivity contribution < 1.29 is 28.3 Å². The van der Waals surface area contributed by atoms with Crippen LogP contribution in [0.2, 0.25) is 0 Å². The fraction of sp³-hybridized carbons (Fsp3) is 0.0714. The van der Waals surface area contributed by atoms with Gasteiger partial charge in [0.05, 0.1) is 0 Å². The second-order valence-electron chi connectivity index (χ2n) is 4.35. The van der Waals surface area contributed by atoms with E-state index in [2.05, 4.69) is 12.6 Å². The van der Waals surface area contributed by atoms with Crippen molar-refractivity contribution in [1.82, 2.24) is 0 Å². The number of ether oxygens (including phenoxy) is 1. The molecule has 0 fully saturated rings. The van der Waals surface area contributed by atoms with Crippen LogP contribution in [-0.4, -0.2) is 26.1 Å². The first-order chi connectivity index (χ1) is 10.4. The summed E-state index contributed by atoms with van der Waals surface area (Å²) in [5.74, 6) is 1.54. The van der Waals surface area contributed by atoms with Gasteiger partial charge in [-0.05, 0) is 68.1 Å². The van der Waals surface area contributed by atoms with Gasteiger partial charge in [-0.3, -0.25) is 4.79 Å². The van der Waals surface area contributed by atoms with E-state index in [1.807, 2.05) is 24.3 Å². The molecule has 0 bridgehead atoms. The average molecular weight is 481 g/mol. The molecule has 24 heavy (non-hydrogen) atoms. The van der Waals surface area contributed by atoms with Crippen molar-refractivity contribution in [3.63, 3.8) is 0 Å². The SMILES string of the molecule is CC(=O)c1ccc(Oc2ccc([SH2+])cc2)cc1.[F-].[F][Sb]([F])([F])([F])[F]. The Labute approximate surface area is 144 Å². The van der Waals surface area contributed by atoms with Crippen molar-refractivity contribution in [3.8, 4) is 11.5 Å². The molecular weight excluding hydrogens is 468 g/mol. The molecular formula is C14H13F6O2SSb. The van der Waals surface area contributed by atoms with Gasteiger partial charge >= 0.3 is 34.4 Å². The molecule has 10 heteroatoms. The molecule has 0 aromatic heterocycles. The maximum absolute atomic E-state index is 11.1.